The lowest BCUT2D eigenvalue weighted by molar-refractivity contribution is 0.0974. The predicted molar refractivity (Wildman–Crippen MR) is 144 cm³/mol. The zero-order chi connectivity index (χ0) is 26.4. The van der Waals surface area contributed by atoms with E-state index in [2.05, 4.69) is 19.9 Å². The van der Waals surface area contributed by atoms with Crippen molar-refractivity contribution in [1.82, 2.24) is 19.5 Å². The van der Waals surface area contributed by atoms with Gasteiger partial charge in [-0.15, -0.1) is 0 Å². The number of hydrogen-bond acceptors (Lipinski definition) is 10. The van der Waals surface area contributed by atoms with E-state index in [9.17, 15) is 13.2 Å². The van der Waals surface area contributed by atoms with Crippen molar-refractivity contribution in [2.24, 2.45) is 11.1 Å². The molecule has 1 aromatic carbocycles. The van der Waals surface area contributed by atoms with Gasteiger partial charge < -0.3 is 15.4 Å². The zero-order valence-corrected chi connectivity index (χ0v) is 23.0. The van der Waals surface area contributed by atoms with Gasteiger partial charge in [-0.1, -0.05) is 23.4 Å². The van der Waals surface area contributed by atoms with Gasteiger partial charge in [0.25, 0.3) is 5.56 Å². The highest BCUT2D eigenvalue weighted by molar-refractivity contribution is 7.99. The van der Waals surface area contributed by atoms with Crippen molar-refractivity contribution in [3.8, 4) is 0 Å². The molecule has 0 unspecified atom stereocenters. The molecule has 10 nitrogen and oxygen atoms in total. The average Bonchev–Trinajstić information content (AvgIpc) is 3.14. The molecule has 2 aliphatic rings. The first-order valence-corrected chi connectivity index (χ1v) is 15.3. The molecule has 2 saturated heterocycles. The first kappa shape index (κ1) is 26.4. The number of fused-ring (bicyclic) bond motifs is 1. The Labute approximate surface area is 224 Å². The van der Waals surface area contributed by atoms with Gasteiger partial charge in [0.15, 0.2) is 0 Å². The monoisotopic (exact) mass is 564 g/mol. The van der Waals surface area contributed by atoms with E-state index in [1.807, 2.05) is 6.92 Å². The molecule has 0 amide bonds. The minimum Gasteiger partial charge on any atom is -0.376 e. The maximum absolute atomic E-state index is 13.0. The maximum Gasteiger partial charge on any atom is 0.262 e. The van der Waals surface area contributed by atoms with Crippen LogP contribution < -0.4 is 16.2 Å². The fourth-order valence-electron chi connectivity index (χ4n) is 4.98. The van der Waals surface area contributed by atoms with Gasteiger partial charge in [0.2, 0.25) is 0 Å². The van der Waals surface area contributed by atoms with E-state index in [1.54, 1.807) is 24.5 Å². The first-order valence-electron chi connectivity index (χ1n) is 12.0. The third-order valence-electron chi connectivity index (χ3n) is 7.36. The van der Waals surface area contributed by atoms with Crippen molar-refractivity contribution in [3.63, 3.8) is 0 Å². The Morgan fingerprint density at radius 3 is 2.59 bits per heavy atom. The Hall–Kier alpha value is -2.25. The van der Waals surface area contributed by atoms with Crippen LogP contribution in [0.15, 0.2) is 45.6 Å². The summed E-state index contributed by atoms with van der Waals surface area (Å²) in [5.41, 5.74) is 6.54. The molecule has 0 aliphatic carbocycles. The molecule has 0 bridgehead atoms. The smallest absolute Gasteiger partial charge is 0.262 e. The van der Waals surface area contributed by atoms with Crippen LogP contribution in [0.5, 0.6) is 0 Å². The van der Waals surface area contributed by atoms with Crippen LogP contribution in [-0.2, 0) is 21.1 Å². The molecule has 198 valence electrons. The van der Waals surface area contributed by atoms with Gasteiger partial charge in [-0.25, -0.2) is 23.4 Å². The minimum absolute atomic E-state index is 0.0108. The number of piperidine rings is 1. The number of sulfone groups is 1. The second-order valence-corrected chi connectivity index (χ2v) is 13.6. The highest BCUT2D eigenvalue weighted by Crippen LogP contribution is 2.42. The summed E-state index contributed by atoms with van der Waals surface area (Å²) in [6.07, 6.45) is 7.93. The van der Waals surface area contributed by atoms with E-state index in [4.69, 9.17) is 22.1 Å². The minimum atomic E-state index is -3.23. The van der Waals surface area contributed by atoms with E-state index in [-0.39, 0.29) is 45.8 Å². The van der Waals surface area contributed by atoms with Crippen molar-refractivity contribution >= 4 is 49.9 Å². The van der Waals surface area contributed by atoms with Crippen molar-refractivity contribution in [3.05, 3.63) is 46.2 Å². The average molecular weight is 565 g/mol. The van der Waals surface area contributed by atoms with E-state index in [0.29, 0.717) is 15.4 Å². The largest absolute Gasteiger partial charge is 0.376 e. The summed E-state index contributed by atoms with van der Waals surface area (Å²) in [4.78, 5) is 29.3. The quantitative estimate of drug-likeness (QED) is 0.475. The van der Waals surface area contributed by atoms with Gasteiger partial charge in [0.1, 0.15) is 20.7 Å². The second kappa shape index (κ2) is 10.1. The molecule has 2 aliphatic heterocycles. The molecule has 5 rings (SSSR count). The normalized spacial score (nSPS) is 21.7. The number of aromatic nitrogens is 4. The van der Waals surface area contributed by atoms with Crippen LogP contribution in [0.25, 0.3) is 10.9 Å². The standard InChI is InChI=1S/C24H29ClN6O4S2/c1-15-22(26)24(13-35-15)5-7-30(8-6-24)18-11-28-19(12-27-18)36-17-4-3-16-20(21(17)25)23(32)31(14-29-16)9-10-37(2,33)34/h3-4,11-12,14-15,22H,5-10,13,26H2,1-2H3/t15-,22+/m0/s1. The Bertz CT molecular complexity index is 1470. The molecule has 3 aromatic rings. The van der Waals surface area contributed by atoms with Crippen LogP contribution in [0, 0.1) is 5.41 Å². The van der Waals surface area contributed by atoms with Gasteiger partial charge in [-0.2, -0.15) is 0 Å². The Morgan fingerprint density at radius 1 is 1.22 bits per heavy atom. The third kappa shape index (κ3) is 5.35. The summed E-state index contributed by atoms with van der Waals surface area (Å²) >= 11 is 7.93. The number of nitrogens with two attached hydrogens (primary N) is 1. The van der Waals surface area contributed by atoms with Gasteiger partial charge in [0, 0.05) is 42.2 Å². The first-order chi connectivity index (χ1) is 17.6. The number of hydrogen-bond donors (Lipinski definition) is 1. The Kier molecular flexibility index (Phi) is 7.22. The second-order valence-electron chi connectivity index (χ2n) is 9.85. The molecule has 0 saturated carbocycles. The summed E-state index contributed by atoms with van der Waals surface area (Å²) < 4.78 is 30.1. The topological polar surface area (TPSA) is 133 Å². The van der Waals surface area contributed by atoms with Crippen molar-refractivity contribution in [2.45, 2.75) is 48.4 Å². The fraction of sp³-hybridized carbons (Fsp3) is 0.500. The lowest BCUT2D eigenvalue weighted by Gasteiger charge is -2.41. The number of anilines is 1. The number of halogens is 1. The number of benzene rings is 1. The Balaban J connectivity index is 1.30. The van der Waals surface area contributed by atoms with E-state index < -0.39 is 9.84 Å². The maximum atomic E-state index is 13.0. The number of nitrogens with zero attached hydrogens (tertiary/aromatic N) is 5. The summed E-state index contributed by atoms with van der Waals surface area (Å²) in [5, 5.41) is 1.14. The highest BCUT2D eigenvalue weighted by Gasteiger charge is 2.47. The lowest BCUT2D eigenvalue weighted by Crippen LogP contribution is -2.50. The molecular weight excluding hydrogens is 536 g/mol. The molecule has 2 atom stereocenters. The predicted octanol–water partition coefficient (Wildman–Crippen LogP) is 2.37. The van der Waals surface area contributed by atoms with Crippen LogP contribution in [-0.4, -0.2) is 71.8 Å². The van der Waals surface area contributed by atoms with Gasteiger partial charge in [-0.05, 0) is 31.9 Å². The summed E-state index contributed by atoms with van der Waals surface area (Å²) in [6.45, 7) is 4.47. The highest BCUT2D eigenvalue weighted by atomic mass is 35.5. The lowest BCUT2D eigenvalue weighted by atomic mass is 9.73. The molecule has 1 spiro atoms. The van der Waals surface area contributed by atoms with Gasteiger partial charge in [-0.3, -0.25) is 9.36 Å². The van der Waals surface area contributed by atoms with Crippen LogP contribution in [0.3, 0.4) is 0 Å². The van der Waals surface area contributed by atoms with Crippen LogP contribution >= 0.6 is 23.4 Å². The van der Waals surface area contributed by atoms with Crippen molar-refractivity contribution < 1.29 is 13.2 Å². The Morgan fingerprint density at radius 2 is 1.97 bits per heavy atom. The number of aryl methyl sites for hydroxylation is 1. The summed E-state index contributed by atoms with van der Waals surface area (Å²) in [6, 6.07) is 3.57. The molecule has 2 N–H and O–H groups in total. The number of ether oxygens (including phenoxy) is 1. The molecule has 13 heteroatoms. The SMILES string of the molecule is C[C@@H]1OCC2(CCN(c3cnc(Sc4ccc5ncn(CCS(C)(=O)=O)c(=O)c5c4Cl)cn3)CC2)[C@@H]1N. The molecular formula is C24H29ClN6O4S2. The molecule has 2 fully saturated rings. The van der Waals surface area contributed by atoms with Gasteiger partial charge >= 0.3 is 0 Å². The van der Waals surface area contributed by atoms with Crippen molar-refractivity contribution in [2.75, 3.05) is 36.6 Å². The van der Waals surface area contributed by atoms with Gasteiger partial charge in [0.05, 0.1) is 53.1 Å². The van der Waals surface area contributed by atoms with Crippen LogP contribution in [0.2, 0.25) is 5.02 Å². The van der Waals surface area contributed by atoms with Crippen LogP contribution in [0.1, 0.15) is 19.8 Å². The zero-order valence-electron chi connectivity index (χ0n) is 20.6. The summed E-state index contributed by atoms with van der Waals surface area (Å²) in [5.74, 6) is 0.647. The third-order valence-corrected chi connectivity index (χ3v) is 9.77. The van der Waals surface area contributed by atoms with Crippen molar-refractivity contribution in [1.29, 1.82) is 0 Å². The number of rotatable bonds is 6. The van der Waals surface area contributed by atoms with Crippen LogP contribution in [0.4, 0.5) is 5.82 Å². The molecule has 0 radical (unpaired) electrons. The van der Waals surface area contributed by atoms with E-state index in [0.717, 1.165) is 44.6 Å². The van der Waals surface area contributed by atoms with E-state index in [1.165, 1.54) is 22.7 Å². The fourth-order valence-corrected chi connectivity index (χ4v) is 6.63. The summed E-state index contributed by atoms with van der Waals surface area (Å²) in [7, 11) is -3.23. The molecule has 2 aromatic heterocycles. The molecule has 37 heavy (non-hydrogen) atoms. The molecule has 4 heterocycles. The van der Waals surface area contributed by atoms with E-state index >= 15 is 0 Å².